The van der Waals surface area contributed by atoms with Crippen LogP contribution in [0, 0.1) is 11.3 Å². The number of fused-ring (bicyclic) bond motifs is 1. The molecule has 9 heteroatoms. The van der Waals surface area contributed by atoms with E-state index in [9.17, 15) is 5.26 Å². The van der Waals surface area contributed by atoms with Gasteiger partial charge in [0.05, 0.1) is 23.3 Å². The first-order chi connectivity index (χ1) is 15.3. The maximum absolute atomic E-state index is 9.39. The third kappa shape index (κ3) is 3.67. The van der Waals surface area contributed by atoms with E-state index in [1.807, 2.05) is 23.0 Å². The Balaban J connectivity index is 1.61. The molecule has 0 radical (unpaired) electrons. The lowest BCUT2D eigenvalue weighted by Gasteiger charge is -2.23. The average molecular weight is 415 g/mol. The first-order valence-corrected chi connectivity index (χ1v) is 10.3. The maximum Gasteiger partial charge on any atom is 0.182 e. The molecule has 1 aromatic carbocycles. The lowest BCUT2D eigenvalue weighted by Crippen LogP contribution is -2.19. The van der Waals surface area contributed by atoms with Crippen molar-refractivity contribution in [2.24, 2.45) is 0 Å². The molecule has 5 rings (SSSR count). The standard InChI is InChI=1S/C22H21N7O2/c23-12-15-4-5-18-17(11-15)21(27-29(18)20-3-1-2-10-31-20)22-24-8-6-19(26-22)28-14-16(7-9-30)13-25-28/h4-6,8,11,13-14,20,30H,1-3,7,9-10H2. The van der Waals surface area contributed by atoms with E-state index in [-0.39, 0.29) is 12.8 Å². The predicted octanol–water partition coefficient (Wildman–Crippen LogP) is 2.78. The quantitative estimate of drug-likeness (QED) is 0.533. The van der Waals surface area contributed by atoms with Crippen LogP contribution < -0.4 is 0 Å². The van der Waals surface area contributed by atoms with Crippen LogP contribution >= 0.6 is 0 Å². The Hall–Kier alpha value is -3.61. The molecule has 3 aromatic heterocycles. The van der Waals surface area contributed by atoms with Gasteiger partial charge in [-0.15, -0.1) is 0 Å². The maximum atomic E-state index is 9.39. The summed E-state index contributed by atoms with van der Waals surface area (Å²) < 4.78 is 9.49. The van der Waals surface area contributed by atoms with Gasteiger partial charge in [-0.1, -0.05) is 0 Å². The highest BCUT2D eigenvalue weighted by atomic mass is 16.5. The van der Waals surface area contributed by atoms with Gasteiger partial charge in [-0.2, -0.15) is 15.5 Å². The van der Waals surface area contributed by atoms with Crippen molar-refractivity contribution in [1.82, 2.24) is 29.5 Å². The number of aliphatic hydroxyl groups is 1. The van der Waals surface area contributed by atoms with Crippen molar-refractivity contribution in [3.63, 3.8) is 0 Å². The number of nitriles is 1. The van der Waals surface area contributed by atoms with Gasteiger partial charge in [0, 0.05) is 37.1 Å². The van der Waals surface area contributed by atoms with E-state index in [0.29, 0.717) is 35.9 Å². The zero-order valence-corrected chi connectivity index (χ0v) is 16.8. The summed E-state index contributed by atoms with van der Waals surface area (Å²) in [4.78, 5) is 9.13. The first kappa shape index (κ1) is 19.4. The molecule has 0 saturated carbocycles. The van der Waals surface area contributed by atoms with E-state index in [4.69, 9.17) is 14.9 Å². The molecule has 0 bridgehead atoms. The van der Waals surface area contributed by atoms with Crippen LogP contribution in [0.15, 0.2) is 42.9 Å². The molecule has 4 aromatic rings. The minimum Gasteiger partial charge on any atom is -0.396 e. The third-order valence-corrected chi connectivity index (χ3v) is 5.39. The molecular weight excluding hydrogens is 394 g/mol. The van der Waals surface area contributed by atoms with Crippen LogP contribution in [0.1, 0.15) is 36.6 Å². The van der Waals surface area contributed by atoms with Crippen molar-refractivity contribution in [2.75, 3.05) is 13.2 Å². The highest BCUT2D eigenvalue weighted by Gasteiger charge is 2.23. The molecule has 9 nitrogen and oxygen atoms in total. The van der Waals surface area contributed by atoms with Crippen molar-refractivity contribution < 1.29 is 9.84 Å². The largest absolute Gasteiger partial charge is 0.396 e. The molecule has 1 aliphatic rings. The minimum absolute atomic E-state index is 0.0641. The van der Waals surface area contributed by atoms with Crippen molar-refractivity contribution in [2.45, 2.75) is 31.9 Å². The van der Waals surface area contributed by atoms with E-state index in [1.54, 1.807) is 29.2 Å². The van der Waals surface area contributed by atoms with E-state index in [1.165, 1.54) is 0 Å². The Morgan fingerprint density at radius 3 is 3.00 bits per heavy atom. The number of benzene rings is 1. The molecule has 1 fully saturated rings. The van der Waals surface area contributed by atoms with Crippen LogP contribution in [0.5, 0.6) is 0 Å². The molecule has 0 amide bonds. The number of hydrogen-bond donors (Lipinski definition) is 1. The monoisotopic (exact) mass is 415 g/mol. The van der Waals surface area contributed by atoms with Crippen LogP contribution in [-0.4, -0.2) is 47.8 Å². The molecule has 1 N–H and O–H groups in total. The van der Waals surface area contributed by atoms with E-state index < -0.39 is 0 Å². The zero-order chi connectivity index (χ0) is 21.2. The topological polar surface area (TPSA) is 115 Å². The Kier molecular flexibility index (Phi) is 5.16. The van der Waals surface area contributed by atoms with Gasteiger partial charge in [0.1, 0.15) is 5.69 Å². The highest BCUT2D eigenvalue weighted by Crippen LogP contribution is 2.32. The molecule has 1 saturated heterocycles. The summed E-state index contributed by atoms with van der Waals surface area (Å²) >= 11 is 0. The van der Waals surface area contributed by atoms with Crippen LogP contribution in [0.25, 0.3) is 28.2 Å². The fourth-order valence-electron chi connectivity index (χ4n) is 3.85. The van der Waals surface area contributed by atoms with Crippen molar-refractivity contribution in [3.05, 3.63) is 54.0 Å². The fourth-order valence-corrected chi connectivity index (χ4v) is 3.85. The number of aliphatic hydroxyl groups excluding tert-OH is 1. The predicted molar refractivity (Wildman–Crippen MR) is 112 cm³/mol. The number of hydrogen-bond acceptors (Lipinski definition) is 7. The van der Waals surface area contributed by atoms with Gasteiger partial charge in [-0.05, 0) is 49.4 Å². The van der Waals surface area contributed by atoms with E-state index in [2.05, 4.69) is 21.1 Å². The Morgan fingerprint density at radius 2 is 2.19 bits per heavy atom. The van der Waals surface area contributed by atoms with E-state index >= 15 is 0 Å². The van der Waals surface area contributed by atoms with Crippen LogP contribution in [0.2, 0.25) is 0 Å². The molecule has 4 heterocycles. The smallest absolute Gasteiger partial charge is 0.182 e. The number of nitrogens with zero attached hydrogens (tertiary/aromatic N) is 7. The molecule has 1 atom stereocenters. The summed E-state index contributed by atoms with van der Waals surface area (Å²) in [6.45, 7) is 0.772. The van der Waals surface area contributed by atoms with Crippen molar-refractivity contribution in [1.29, 1.82) is 5.26 Å². The van der Waals surface area contributed by atoms with Gasteiger partial charge in [0.25, 0.3) is 0 Å². The third-order valence-electron chi connectivity index (χ3n) is 5.39. The molecule has 31 heavy (non-hydrogen) atoms. The molecule has 0 aliphatic carbocycles. The van der Waals surface area contributed by atoms with Gasteiger partial charge in [-0.3, -0.25) is 0 Å². The lowest BCUT2D eigenvalue weighted by molar-refractivity contribution is -0.0365. The van der Waals surface area contributed by atoms with Gasteiger partial charge < -0.3 is 9.84 Å². The minimum atomic E-state index is -0.145. The number of ether oxygens (including phenoxy) is 1. The molecular formula is C22H21N7O2. The van der Waals surface area contributed by atoms with Crippen molar-refractivity contribution >= 4 is 10.9 Å². The molecule has 1 aliphatic heterocycles. The van der Waals surface area contributed by atoms with Gasteiger partial charge >= 0.3 is 0 Å². The summed E-state index contributed by atoms with van der Waals surface area (Å²) in [5, 5.41) is 28.5. The second-order valence-electron chi connectivity index (χ2n) is 7.46. The normalized spacial score (nSPS) is 16.5. The highest BCUT2D eigenvalue weighted by molar-refractivity contribution is 5.92. The molecule has 156 valence electrons. The fraction of sp³-hybridized carbons (Fsp3) is 0.318. The number of aromatic nitrogens is 6. The van der Waals surface area contributed by atoms with Crippen LogP contribution in [-0.2, 0) is 11.2 Å². The SMILES string of the molecule is N#Cc1ccc2c(c1)c(-c1nccc(-n3cc(CCO)cn3)n1)nn2C1CCCCO1. The van der Waals surface area contributed by atoms with Crippen molar-refractivity contribution in [3.8, 4) is 23.4 Å². The number of rotatable bonds is 5. The summed E-state index contributed by atoms with van der Waals surface area (Å²) in [6.07, 6.45) is 8.62. The summed E-state index contributed by atoms with van der Waals surface area (Å²) in [6, 6.07) is 9.47. The molecule has 0 spiro atoms. The second-order valence-corrected chi connectivity index (χ2v) is 7.46. The second kappa shape index (κ2) is 8.26. The average Bonchev–Trinajstić information content (AvgIpc) is 3.44. The lowest BCUT2D eigenvalue weighted by atomic mass is 10.1. The Bertz CT molecular complexity index is 1260. The van der Waals surface area contributed by atoms with Crippen LogP contribution in [0.4, 0.5) is 0 Å². The summed E-state index contributed by atoms with van der Waals surface area (Å²) in [7, 11) is 0. The Morgan fingerprint density at radius 1 is 1.26 bits per heavy atom. The van der Waals surface area contributed by atoms with E-state index in [0.717, 1.165) is 35.7 Å². The van der Waals surface area contributed by atoms with Crippen LogP contribution in [0.3, 0.4) is 0 Å². The van der Waals surface area contributed by atoms with Gasteiger partial charge in [0.15, 0.2) is 17.9 Å². The summed E-state index contributed by atoms with van der Waals surface area (Å²) in [5.74, 6) is 1.05. The first-order valence-electron chi connectivity index (χ1n) is 10.3. The summed E-state index contributed by atoms with van der Waals surface area (Å²) in [5.41, 5.74) is 2.96. The Labute approximate surface area is 178 Å². The molecule has 1 unspecified atom stereocenters. The zero-order valence-electron chi connectivity index (χ0n) is 16.8. The van der Waals surface area contributed by atoms with Gasteiger partial charge in [0.2, 0.25) is 0 Å². The van der Waals surface area contributed by atoms with Gasteiger partial charge in [-0.25, -0.2) is 19.3 Å².